The van der Waals surface area contributed by atoms with Gasteiger partial charge in [-0.25, -0.2) is 4.79 Å². The molecule has 0 fully saturated rings. The quantitative estimate of drug-likeness (QED) is 0.615. The summed E-state index contributed by atoms with van der Waals surface area (Å²) in [6.45, 7) is 2.19. The van der Waals surface area contributed by atoms with Crippen LogP contribution in [-0.2, 0) is 15.7 Å². The summed E-state index contributed by atoms with van der Waals surface area (Å²) in [5.41, 5.74) is -2.13. The number of carbonyl (C=O) groups is 2. The molecular formula is C12H11F3O4. The Morgan fingerprint density at radius 1 is 1.21 bits per heavy atom. The smallest absolute Gasteiger partial charge is 0.417 e. The molecule has 0 aliphatic heterocycles. The first-order chi connectivity index (χ1) is 8.68. The van der Waals surface area contributed by atoms with Crippen LogP contribution in [0.5, 0.6) is 5.75 Å². The first-order valence-corrected chi connectivity index (χ1v) is 5.16. The summed E-state index contributed by atoms with van der Waals surface area (Å²) in [4.78, 5) is 22.1. The molecule has 1 aromatic rings. The minimum Gasteiger partial charge on any atom is -0.465 e. The van der Waals surface area contributed by atoms with E-state index in [9.17, 15) is 22.8 Å². The van der Waals surface area contributed by atoms with Gasteiger partial charge in [0.1, 0.15) is 5.75 Å². The first kappa shape index (κ1) is 15.0. The number of carbonyl (C=O) groups excluding carboxylic acids is 2. The Labute approximate surface area is 107 Å². The Kier molecular flexibility index (Phi) is 4.18. The van der Waals surface area contributed by atoms with E-state index in [4.69, 9.17) is 0 Å². The second-order valence-corrected chi connectivity index (χ2v) is 3.69. The van der Waals surface area contributed by atoms with Gasteiger partial charge in [0.2, 0.25) is 0 Å². The number of benzene rings is 1. The predicted molar refractivity (Wildman–Crippen MR) is 58.8 cm³/mol. The third-order valence-corrected chi connectivity index (χ3v) is 2.36. The molecule has 0 atom stereocenters. The first-order valence-electron chi connectivity index (χ1n) is 5.16. The van der Waals surface area contributed by atoms with Crippen LogP contribution in [0.1, 0.15) is 28.4 Å². The summed E-state index contributed by atoms with van der Waals surface area (Å²) >= 11 is 0. The van der Waals surface area contributed by atoms with Crippen LogP contribution < -0.4 is 4.74 Å². The second-order valence-electron chi connectivity index (χ2n) is 3.69. The molecule has 0 aliphatic carbocycles. The summed E-state index contributed by atoms with van der Waals surface area (Å²) in [6, 6.07) is 2.04. The van der Waals surface area contributed by atoms with Gasteiger partial charge in [0.15, 0.2) is 0 Å². The number of alkyl halides is 3. The Hall–Kier alpha value is -2.05. The SMILES string of the molecule is COC(=O)c1ccc(OC(C)=O)c(C)c1C(F)(F)F. The van der Waals surface area contributed by atoms with Gasteiger partial charge in [-0.1, -0.05) is 0 Å². The Balaban J connectivity index is 3.50. The molecule has 104 valence electrons. The van der Waals surface area contributed by atoms with Crippen molar-refractivity contribution in [2.75, 3.05) is 7.11 Å². The van der Waals surface area contributed by atoms with Crippen molar-refractivity contribution in [1.29, 1.82) is 0 Å². The van der Waals surface area contributed by atoms with Gasteiger partial charge < -0.3 is 9.47 Å². The van der Waals surface area contributed by atoms with Crippen LogP contribution in [0.4, 0.5) is 13.2 Å². The maximum absolute atomic E-state index is 13.0. The van der Waals surface area contributed by atoms with Crippen molar-refractivity contribution < 1.29 is 32.2 Å². The van der Waals surface area contributed by atoms with Gasteiger partial charge in [0, 0.05) is 12.5 Å². The molecule has 0 unspecified atom stereocenters. The van der Waals surface area contributed by atoms with Gasteiger partial charge >= 0.3 is 18.1 Å². The third kappa shape index (κ3) is 3.24. The van der Waals surface area contributed by atoms with Crippen molar-refractivity contribution in [3.63, 3.8) is 0 Å². The largest absolute Gasteiger partial charge is 0.465 e. The maximum Gasteiger partial charge on any atom is 0.417 e. The molecule has 0 spiro atoms. The van der Waals surface area contributed by atoms with Gasteiger partial charge in [-0.2, -0.15) is 13.2 Å². The monoisotopic (exact) mass is 276 g/mol. The van der Waals surface area contributed by atoms with Crippen molar-refractivity contribution in [3.8, 4) is 5.75 Å². The molecule has 0 heterocycles. The van der Waals surface area contributed by atoms with Crippen LogP contribution in [0.3, 0.4) is 0 Å². The minimum absolute atomic E-state index is 0.243. The van der Waals surface area contributed by atoms with Crippen molar-refractivity contribution in [3.05, 3.63) is 28.8 Å². The number of hydrogen-bond acceptors (Lipinski definition) is 4. The molecular weight excluding hydrogens is 265 g/mol. The van der Waals surface area contributed by atoms with Crippen LogP contribution in [0.2, 0.25) is 0 Å². The third-order valence-electron chi connectivity index (χ3n) is 2.36. The Morgan fingerprint density at radius 2 is 1.79 bits per heavy atom. The second kappa shape index (κ2) is 5.29. The highest BCUT2D eigenvalue weighted by Crippen LogP contribution is 2.38. The van der Waals surface area contributed by atoms with Gasteiger partial charge in [-0.05, 0) is 19.1 Å². The van der Waals surface area contributed by atoms with E-state index < -0.39 is 29.2 Å². The minimum atomic E-state index is -4.76. The van der Waals surface area contributed by atoms with E-state index in [-0.39, 0.29) is 11.3 Å². The fourth-order valence-corrected chi connectivity index (χ4v) is 1.60. The van der Waals surface area contributed by atoms with Gasteiger partial charge in [0.05, 0.1) is 18.2 Å². The average Bonchev–Trinajstić information content (AvgIpc) is 2.28. The number of methoxy groups -OCH3 is 1. The van der Waals surface area contributed by atoms with Crippen LogP contribution in [0.15, 0.2) is 12.1 Å². The predicted octanol–water partition coefficient (Wildman–Crippen LogP) is 2.73. The average molecular weight is 276 g/mol. The zero-order valence-electron chi connectivity index (χ0n) is 10.4. The lowest BCUT2D eigenvalue weighted by molar-refractivity contribution is -0.139. The molecule has 0 N–H and O–H groups in total. The molecule has 7 heteroatoms. The molecule has 0 saturated carbocycles. The van der Waals surface area contributed by atoms with E-state index in [1.54, 1.807) is 0 Å². The summed E-state index contributed by atoms with van der Waals surface area (Å²) in [6.07, 6.45) is -4.76. The summed E-state index contributed by atoms with van der Waals surface area (Å²) in [5, 5.41) is 0. The summed E-state index contributed by atoms with van der Waals surface area (Å²) in [5.74, 6) is -2.10. The van der Waals surface area contributed by atoms with E-state index in [0.717, 1.165) is 33.1 Å². The molecule has 4 nitrogen and oxygen atoms in total. The molecule has 0 radical (unpaired) electrons. The van der Waals surface area contributed by atoms with E-state index in [1.165, 1.54) is 0 Å². The zero-order chi connectivity index (χ0) is 14.8. The van der Waals surface area contributed by atoms with Crippen molar-refractivity contribution in [1.82, 2.24) is 0 Å². The van der Waals surface area contributed by atoms with Crippen LogP contribution >= 0.6 is 0 Å². The fourth-order valence-electron chi connectivity index (χ4n) is 1.60. The topological polar surface area (TPSA) is 52.6 Å². The van der Waals surface area contributed by atoms with Crippen molar-refractivity contribution in [2.24, 2.45) is 0 Å². The van der Waals surface area contributed by atoms with Crippen LogP contribution in [0, 0.1) is 6.92 Å². The van der Waals surface area contributed by atoms with Crippen molar-refractivity contribution >= 4 is 11.9 Å². The number of hydrogen-bond donors (Lipinski definition) is 0. The maximum atomic E-state index is 13.0. The standard InChI is InChI=1S/C12H11F3O4/c1-6-9(19-7(2)16)5-4-8(11(17)18-3)10(6)12(13,14)15/h4-5H,1-3H3. The molecule has 0 amide bonds. The summed E-state index contributed by atoms with van der Waals surface area (Å²) in [7, 11) is 0.984. The lowest BCUT2D eigenvalue weighted by atomic mass is 10.0. The van der Waals surface area contributed by atoms with Crippen molar-refractivity contribution in [2.45, 2.75) is 20.0 Å². The normalized spacial score (nSPS) is 11.1. The highest BCUT2D eigenvalue weighted by atomic mass is 19.4. The Bertz CT molecular complexity index is 520. The highest BCUT2D eigenvalue weighted by Gasteiger charge is 2.38. The number of halogens is 3. The van der Waals surface area contributed by atoms with Gasteiger partial charge in [-0.15, -0.1) is 0 Å². The lowest BCUT2D eigenvalue weighted by Gasteiger charge is -2.16. The van der Waals surface area contributed by atoms with Crippen LogP contribution in [-0.4, -0.2) is 19.0 Å². The molecule has 0 saturated heterocycles. The molecule has 0 aromatic heterocycles. The van der Waals surface area contributed by atoms with E-state index in [2.05, 4.69) is 9.47 Å². The number of rotatable bonds is 2. The molecule has 0 bridgehead atoms. The van der Waals surface area contributed by atoms with E-state index in [1.807, 2.05) is 0 Å². The van der Waals surface area contributed by atoms with Gasteiger partial charge in [-0.3, -0.25) is 4.79 Å². The van der Waals surface area contributed by atoms with Gasteiger partial charge in [0.25, 0.3) is 0 Å². The fraction of sp³-hybridized carbons (Fsp3) is 0.333. The summed E-state index contributed by atoms with van der Waals surface area (Å²) < 4.78 is 47.9. The molecule has 19 heavy (non-hydrogen) atoms. The molecule has 0 aliphatic rings. The molecule has 1 aromatic carbocycles. The number of ether oxygens (including phenoxy) is 2. The van der Waals surface area contributed by atoms with E-state index >= 15 is 0 Å². The Morgan fingerprint density at radius 3 is 2.21 bits per heavy atom. The van der Waals surface area contributed by atoms with E-state index in [0.29, 0.717) is 0 Å². The molecule has 1 rings (SSSR count). The highest BCUT2D eigenvalue weighted by molar-refractivity contribution is 5.92. The number of esters is 2. The zero-order valence-corrected chi connectivity index (χ0v) is 10.4. The van der Waals surface area contributed by atoms with Crippen LogP contribution in [0.25, 0.3) is 0 Å². The lowest BCUT2D eigenvalue weighted by Crippen LogP contribution is -2.17.